The first kappa shape index (κ1) is 17.6. The zero-order valence-corrected chi connectivity index (χ0v) is 16.0. The first-order valence-corrected chi connectivity index (χ1v) is 9.73. The monoisotopic (exact) mass is 385 g/mol. The summed E-state index contributed by atoms with van der Waals surface area (Å²) in [6, 6.07) is 14.8. The first-order chi connectivity index (χ1) is 12.7. The van der Waals surface area contributed by atoms with Crippen LogP contribution >= 0.6 is 23.2 Å². The third kappa shape index (κ3) is 3.80. The Morgan fingerprint density at radius 1 is 0.962 bits per heavy atom. The van der Waals surface area contributed by atoms with Crippen molar-refractivity contribution in [3.05, 3.63) is 76.0 Å². The largest absolute Gasteiger partial charge is 0.303 e. The molecule has 1 atom stereocenters. The SMILES string of the molecule is Clc1ccc(C(CCN2CCC2)c2ccc(-c3cn[nH]c3)cc2)cc1Cl. The highest BCUT2D eigenvalue weighted by atomic mass is 35.5. The predicted octanol–water partition coefficient (Wildman–Crippen LogP) is 5.61. The van der Waals surface area contributed by atoms with Crippen LogP contribution in [-0.2, 0) is 0 Å². The lowest BCUT2D eigenvalue weighted by molar-refractivity contribution is 0.177. The molecule has 3 aromatic rings. The lowest BCUT2D eigenvalue weighted by atomic mass is 9.87. The van der Waals surface area contributed by atoms with Crippen LogP contribution in [0.2, 0.25) is 10.0 Å². The summed E-state index contributed by atoms with van der Waals surface area (Å²) in [6.07, 6.45) is 6.14. The van der Waals surface area contributed by atoms with Crippen LogP contribution in [0.4, 0.5) is 0 Å². The maximum Gasteiger partial charge on any atom is 0.0595 e. The quantitative estimate of drug-likeness (QED) is 0.597. The highest BCUT2D eigenvalue weighted by Gasteiger charge is 2.20. The molecule has 3 nitrogen and oxygen atoms in total. The van der Waals surface area contributed by atoms with Crippen molar-refractivity contribution in [1.82, 2.24) is 15.1 Å². The molecule has 0 spiro atoms. The van der Waals surface area contributed by atoms with Gasteiger partial charge in [-0.25, -0.2) is 0 Å². The summed E-state index contributed by atoms with van der Waals surface area (Å²) in [7, 11) is 0. The summed E-state index contributed by atoms with van der Waals surface area (Å²) in [5, 5.41) is 8.12. The van der Waals surface area contributed by atoms with Gasteiger partial charge in [0.1, 0.15) is 0 Å². The highest BCUT2D eigenvalue weighted by Crippen LogP contribution is 2.34. The molecule has 1 fully saturated rings. The third-order valence-electron chi connectivity index (χ3n) is 5.17. The molecular weight excluding hydrogens is 365 g/mol. The number of aromatic nitrogens is 2. The van der Waals surface area contributed by atoms with E-state index < -0.39 is 0 Å². The van der Waals surface area contributed by atoms with E-state index in [1.807, 2.05) is 24.5 Å². The Labute approximate surface area is 163 Å². The predicted molar refractivity (Wildman–Crippen MR) is 108 cm³/mol. The number of benzene rings is 2. The summed E-state index contributed by atoms with van der Waals surface area (Å²) in [4.78, 5) is 2.50. The average Bonchev–Trinajstić information content (AvgIpc) is 3.15. The fourth-order valence-electron chi connectivity index (χ4n) is 3.49. The normalized spacial score (nSPS) is 15.6. The van der Waals surface area contributed by atoms with Gasteiger partial charge in [-0.3, -0.25) is 5.10 Å². The maximum absolute atomic E-state index is 6.29. The molecule has 1 aliphatic rings. The third-order valence-corrected chi connectivity index (χ3v) is 5.91. The van der Waals surface area contributed by atoms with Crippen molar-refractivity contribution < 1.29 is 0 Å². The molecule has 2 aromatic carbocycles. The fraction of sp³-hybridized carbons (Fsp3) is 0.286. The van der Waals surface area contributed by atoms with Gasteiger partial charge in [0, 0.05) is 17.7 Å². The summed E-state index contributed by atoms with van der Waals surface area (Å²) in [5.41, 5.74) is 4.79. The molecule has 26 heavy (non-hydrogen) atoms. The number of hydrogen-bond acceptors (Lipinski definition) is 2. The van der Waals surface area contributed by atoms with E-state index in [2.05, 4.69) is 45.4 Å². The van der Waals surface area contributed by atoms with Crippen molar-refractivity contribution >= 4 is 23.2 Å². The molecule has 2 heterocycles. The van der Waals surface area contributed by atoms with E-state index >= 15 is 0 Å². The second kappa shape index (κ2) is 7.83. The van der Waals surface area contributed by atoms with Gasteiger partial charge < -0.3 is 4.90 Å². The van der Waals surface area contributed by atoms with Crippen molar-refractivity contribution in [2.45, 2.75) is 18.8 Å². The maximum atomic E-state index is 6.29. The number of hydrogen-bond donors (Lipinski definition) is 1. The van der Waals surface area contributed by atoms with Crippen LogP contribution in [0, 0.1) is 0 Å². The minimum atomic E-state index is 0.309. The second-order valence-corrected chi connectivity index (χ2v) is 7.63. The van der Waals surface area contributed by atoms with Gasteiger partial charge in [-0.2, -0.15) is 5.10 Å². The van der Waals surface area contributed by atoms with Crippen LogP contribution < -0.4 is 0 Å². The molecule has 0 radical (unpaired) electrons. The van der Waals surface area contributed by atoms with E-state index in [4.69, 9.17) is 23.2 Å². The molecule has 1 aromatic heterocycles. The molecule has 0 amide bonds. The van der Waals surface area contributed by atoms with Gasteiger partial charge in [0.25, 0.3) is 0 Å². The smallest absolute Gasteiger partial charge is 0.0595 e. The van der Waals surface area contributed by atoms with Gasteiger partial charge in [0.05, 0.1) is 16.2 Å². The molecule has 134 valence electrons. The highest BCUT2D eigenvalue weighted by molar-refractivity contribution is 6.42. The van der Waals surface area contributed by atoms with Gasteiger partial charge in [-0.05, 0) is 61.3 Å². The van der Waals surface area contributed by atoms with Crippen molar-refractivity contribution in [2.24, 2.45) is 0 Å². The van der Waals surface area contributed by atoms with Crippen molar-refractivity contribution in [3.8, 4) is 11.1 Å². The Morgan fingerprint density at radius 3 is 2.35 bits per heavy atom. The van der Waals surface area contributed by atoms with Gasteiger partial charge in [0.15, 0.2) is 0 Å². The Hall–Kier alpha value is -1.81. The molecule has 1 N–H and O–H groups in total. The summed E-state index contributed by atoms with van der Waals surface area (Å²) < 4.78 is 0. The summed E-state index contributed by atoms with van der Waals surface area (Å²) >= 11 is 12.4. The molecule has 0 bridgehead atoms. The molecular formula is C21H21Cl2N3. The van der Waals surface area contributed by atoms with Crippen LogP contribution in [0.5, 0.6) is 0 Å². The van der Waals surface area contributed by atoms with Gasteiger partial charge in [-0.15, -0.1) is 0 Å². The molecule has 0 aliphatic carbocycles. The van der Waals surface area contributed by atoms with E-state index in [-0.39, 0.29) is 0 Å². The minimum absolute atomic E-state index is 0.309. The number of nitrogens with one attached hydrogen (secondary N) is 1. The number of aromatic amines is 1. The Balaban J connectivity index is 1.61. The Bertz CT molecular complexity index is 855. The molecule has 4 rings (SSSR count). The zero-order chi connectivity index (χ0) is 17.9. The van der Waals surface area contributed by atoms with Crippen LogP contribution in [-0.4, -0.2) is 34.7 Å². The number of nitrogens with zero attached hydrogens (tertiary/aromatic N) is 2. The van der Waals surface area contributed by atoms with E-state index in [0.717, 1.165) is 24.1 Å². The number of rotatable bonds is 6. The molecule has 0 saturated carbocycles. The van der Waals surface area contributed by atoms with Gasteiger partial charge in [-0.1, -0.05) is 53.5 Å². The van der Waals surface area contributed by atoms with E-state index in [1.165, 1.54) is 30.6 Å². The van der Waals surface area contributed by atoms with Crippen LogP contribution in [0.25, 0.3) is 11.1 Å². The van der Waals surface area contributed by atoms with E-state index in [0.29, 0.717) is 16.0 Å². The summed E-state index contributed by atoms with van der Waals surface area (Å²) in [6.45, 7) is 3.54. The van der Waals surface area contributed by atoms with Crippen LogP contribution in [0.3, 0.4) is 0 Å². The van der Waals surface area contributed by atoms with Crippen molar-refractivity contribution in [1.29, 1.82) is 0 Å². The molecule has 1 aliphatic heterocycles. The van der Waals surface area contributed by atoms with Gasteiger partial charge in [0.2, 0.25) is 0 Å². The fourth-order valence-corrected chi connectivity index (χ4v) is 3.80. The minimum Gasteiger partial charge on any atom is -0.303 e. The van der Waals surface area contributed by atoms with Gasteiger partial charge >= 0.3 is 0 Å². The van der Waals surface area contributed by atoms with E-state index in [1.54, 1.807) is 0 Å². The average molecular weight is 386 g/mol. The molecule has 1 unspecified atom stereocenters. The van der Waals surface area contributed by atoms with Crippen LogP contribution in [0.15, 0.2) is 54.9 Å². The number of halogens is 2. The molecule has 5 heteroatoms. The van der Waals surface area contributed by atoms with Crippen molar-refractivity contribution in [3.63, 3.8) is 0 Å². The Kier molecular flexibility index (Phi) is 5.30. The van der Waals surface area contributed by atoms with Crippen LogP contribution in [0.1, 0.15) is 29.9 Å². The Morgan fingerprint density at radius 2 is 1.73 bits per heavy atom. The van der Waals surface area contributed by atoms with E-state index in [9.17, 15) is 0 Å². The molecule has 1 saturated heterocycles. The lowest BCUT2D eigenvalue weighted by Crippen LogP contribution is -2.38. The zero-order valence-electron chi connectivity index (χ0n) is 14.5. The standard InChI is InChI=1S/C21H21Cl2N3/c22-20-7-6-17(12-21(20)23)19(8-11-26-9-1-10-26)16-4-2-15(3-5-16)18-13-24-25-14-18/h2-7,12-14,19H,1,8-11H2,(H,24,25). The number of H-pyrrole nitrogens is 1. The summed E-state index contributed by atoms with van der Waals surface area (Å²) in [5.74, 6) is 0.309. The first-order valence-electron chi connectivity index (χ1n) is 8.97. The number of likely N-dealkylation sites (tertiary alicyclic amines) is 1. The van der Waals surface area contributed by atoms with Crippen molar-refractivity contribution in [2.75, 3.05) is 19.6 Å². The topological polar surface area (TPSA) is 31.9 Å². The lowest BCUT2D eigenvalue weighted by Gasteiger charge is -2.32. The second-order valence-electron chi connectivity index (χ2n) is 6.82.